The van der Waals surface area contributed by atoms with Gasteiger partial charge in [0.1, 0.15) is 5.02 Å². The number of nitro benzene ring substituents is 1. The number of nitrogens with zero attached hydrogens (tertiary/aromatic N) is 3. The Bertz CT molecular complexity index is 856. The summed E-state index contributed by atoms with van der Waals surface area (Å²) in [5.74, 6) is 0.216. The summed E-state index contributed by atoms with van der Waals surface area (Å²) in [6.07, 6.45) is 0.913. The van der Waals surface area contributed by atoms with Gasteiger partial charge in [-0.15, -0.1) is 0 Å². The average molecular weight is 371 g/mol. The van der Waals surface area contributed by atoms with Crippen molar-refractivity contribution in [1.29, 1.82) is 0 Å². The van der Waals surface area contributed by atoms with Crippen LogP contribution in [0.4, 0.5) is 5.69 Å². The second kappa shape index (κ2) is 7.05. The van der Waals surface area contributed by atoms with Crippen molar-refractivity contribution in [3.8, 4) is 0 Å². The van der Waals surface area contributed by atoms with Crippen LogP contribution in [0.25, 0.3) is 0 Å². The molecule has 1 saturated heterocycles. The first-order valence-electron chi connectivity index (χ1n) is 8.64. The number of nitrogens with one attached hydrogen (secondary N) is 1. The van der Waals surface area contributed by atoms with E-state index in [2.05, 4.69) is 39.7 Å². The SMILES string of the molecule is O=[N+]([O-])c1cc(C2NN=C3CCN(Cc4ccccc4)CC32)ccc1Cl. The lowest BCUT2D eigenvalue weighted by molar-refractivity contribution is -0.384. The Kier molecular flexibility index (Phi) is 4.61. The maximum atomic E-state index is 11.2. The van der Waals surface area contributed by atoms with Gasteiger partial charge in [-0.05, 0) is 17.2 Å². The van der Waals surface area contributed by atoms with Crippen LogP contribution in [0.3, 0.4) is 0 Å². The molecule has 1 N–H and O–H groups in total. The third-order valence-electron chi connectivity index (χ3n) is 5.09. The molecular formula is C19H19ClN4O2. The van der Waals surface area contributed by atoms with E-state index in [0.29, 0.717) is 0 Å². The van der Waals surface area contributed by atoms with Crippen LogP contribution in [-0.2, 0) is 6.54 Å². The average Bonchev–Trinajstić information content (AvgIpc) is 3.06. The molecule has 2 unspecified atom stereocenters. The molecule has 0 radical (unpaired) electrons. The Labute approximate surface area is 156 Å². The molecule has 2 atom stereocenters. The van der Waals surface area contributed by atoms with Crippen molar-refractivity contribution < 1.29 is 4.92 Å². The molecule has 2 heterocycles. The Morgan fingerprint density at radius 3 is 2.85 bits per heavy atom. The number of rotatable bonds is 4. The molecule has 0 saturated carbocycles. The number of piperidine rings is 1. The van der Waals surface area contributed by atoms with Gasteiger partial charge in [0.25, 0.3) is 5.69 Å². The van der Waals surface area contributed by atoms with E-state index in [0.717, 1.165) is 37.3 Å². The number of fused-ring (bicyclic) bond motifs is 1. The molecule has 26 heavy (non-hydrogen) atoms. The van der Waals surface area contributed by atoms with E-state index in [1.807, 2.05) is 12.1 Å². The predicted molar refractivity (Wildman–Crippen MR) is 101 cm³/mol. The summed E-state index contributed by atoms with van der Waals surface area (Å²) >= 11 is 5.95. The highest BCUT2D eigenvalue weighted by Gasteiger charge is 2.37. The molecule has 4 rings (SSSR count). The number of halogens is 1. The number of hydrogen-bond donors (Lipinski definition) is 1. The lowest BCUT2D eigenvalue weighted by atomic mass is 9.86. The van der Waals surface area contributed by atoms with Crippen LogP contribution in [0.2, 0.25) is 5.02 Å². The van der Waals surface area contributed by atoms with Crippen LogP contribution in [0.1, 0.15) is 23.6 Å². The van der Waals surface area contributed by atoms with Crippen molar-refractivity contribution in [3.05, 3.63) is 74.8 Å². The first-order valence-corrected chi connectivity index (χ1v) is 9.02. The molecule has 2 aliphatic heterocycles. The lowest BCUT2D eigenvalue weighted by Gasteiger charge is -2.33. The normalized spacial score (nSPS) is 22.4. The van der Waals surface area contributed by atoms with Gasteiger partial charge >= 0.3 is 0 Å². The highest BCUT2D eigenvalue weighted by molar-refractivity contribution is 6.32. The molecule has 134 valence electrons. The van der Waals surface area contributed by atoms with Gasteiger partial charge in [0, 0.05) is 43.8 Å². The van der Waals surface area contributed by atoms with E-state index in [9.17, 15) is 10.1 Å². The van der Waals surface area contributed by atoms with Crippen LogP contribution in [-0.4, -0.2) is 28.6 Å². The fraction of sp³-hybridized carbons (Fsp3) is 0.316. The van der Waals surface area contributed by atoms with Crippen molar-refractivity contribution >= 4 is 23.0 Å². The molecule has 0 bridgehead atoms. The molecule has 0 aromatic heterocycles. The van der Waals surface area contributed by atoms with Crippen molar-refractivity contribution in [2.75, 3.05) is 13.1 Å². The molecular weight excluding hydrogens is 352 g/mol. The molecule has 2 aliphatic rings. The van der Waals surface area contributed by atoms with Crippen molar-refractivity contribution in [3.63, 3.8) is 0 Å². The largest absolute Gasteiger partial charge is 0.302 e. The maximum absolute atomic E-state index is 11.2. The minimum absolute atomic E-state index is 0.0560. The number of hydrazone groups is 1. The first-order chi connectivity index (χ1) is 12.6. The molecule has 0 spiro atoms. The highest BCUT2D eigenvalue weighted by Crippen LogP contribution is 2.36. The minimum Gasteiger partial charge on any atom is -0.302 e. The van der Waals surface area contributed by atoms with Crippen molar-refractivity contribution in [1.82, 2.24) is 10.3 Å². The monoisotopic (exact) mass is 370 g/mol. The number of benzene rings is 2. The Balaban J connectivity index is 1.53. The van der Waals surface area contributed by atoms with E-state index in [4.69, 9.17) is 11.6 Å². The van der Waals surface area contributed by atoms with Crippen molar-refractivity contribution in [2.24, 2.45) is 11.0 Å². The Morgan fingerprint density at radius 1 is 1.27 bits per heavy atom. The molecule has 0 aliphatic carbocycles. The quantitative estimate of drug-likeness (QED) is 0.657. The summed E-state index contributed by atoms with van der Waals surface area (Å²) in [6.45, 7) is 2.75. The predicted octanol–water partition coefficient (Wildman–Crippen LogP) is 3.77. The van der Waals surface area contributed by atoms with Gasteiger partial charge in [0.2, 0.25) is 0 Å². The van der Waals surface area contributed by atoms with E-state index in [-0.39, 0.29) is 22.7 Å². The summed E-state index contributed by atoms with van der Waals surface area (Å²) in [6, 6.07) is 15.4. The zero-order chi connectivity index (χ0) is 18.1. The summed E-state index contributed by atoms with van der Waals surface area (Å²) in [5.41, 5.74) is 6.41. The smallest absolute Gasteiger partial charge is 0.288 e. The Morgan fingerprint density at radius 2 is 2.08 bits per heavy atom. The van der Waals surface area contributed by atoms with Crippen molar-refractivity contribution in [2.45, 2.75) is 19.0 Å². The van der Waals surface area contributed by atoms with E-state index in [1.54, 1.807) is 12.1 Å². The van der Waals surface area contributed by atoms with E-state index < -0.39 is 4.92 Å². The Hall–Kier alpha value is -2.44. The fourth-order valence-corrected chi connectivity index (χ4v) is 3.95. The molecule has 2 aromatic rings. The van der Waals surface area contributed by atoms with Gasteiger partial charge in [0.05, 0.1) is 11.0 Å². The summed E-state index contributed by atoms with van der Waals surface area (Å²) in [7, 11) is 0. The van der Waals surface area contributed by atoms with Crippen LogP contribution < -0.4 is 5.43 Å². The van der Waals surface area contributed by atoms with Gasteiger partial charge in [-0.1, -0.05) is 48.0 Å². The second-order valence-corrected chi connectivity index (χ2v) is 7.16. The van der Waals surface area contributed by atoms with Gasteiger partial charge in [-0.25, -0.2) is 0 Å². The van der Waals surface area contributed by atoms with E-state index in [1.165, 1.54) is 5.56 Å². The third-order valence-corrected chi connectivity index (χ3v) is 5.41. The second-order valence-electron chi connectivity index (χ2n) is 6.76. The van der Waals surface area contributed by atoms with Gasteiger partial charge in [0.15, 0.2) is 0 Å². The molecule has 1 fully saturated rings. The van der Waals surface area contributed by atoms with Gasteiger partial charge in [-0.2, -0.15) is 5.10 Å². The molecule has 6 nitrogen and oxygen atoms in total. The van der Waals surface area contributed by atoms with Gasteiger partial charge < -0.3 is 5.43 Å². The third kappa shape index (κ3) is 3.30. The summed E-state index contributed by atoms with van der Waals surface area (Å²) in [5, 5.41) is 15.8. The first kappa shape index (κ1) is 17.0. The summed E-state index contributed by atoms with van der Waals surface area (Å²) < 4.78 is 0. The number of likely N-dealkylation sites (tertiary alicyclic amines) is 1. The van der Waals surface area contributed by atoms with Crippen LogP contribution in [0.5, 0.6) is 0 Å². The van der Waals surface area contributed by atoms with E-state index >= 15 is 0 Å². The lowest BCUT2D eigenvalue weighted by Crippen LogP contribution is -2.41. The van der Waals surface area contributed by atoms with Crippen LogP contribution >= 0.6 is 11.6 Å². The number of nitro groups is 1. The minimum atomic E-state index is -0.439. The zero-order valence-corrected chi connectivity index (χ0v) is 14.9. The molecule has 2 aromatic carbocycles. The molecule has 7 heteroatoms. The maximum Gasteiger partial charge on any atom is 0.288 e. The topological polar surface area (TPSA) is 70.8 Å². The van der Waals surface area contributed by atoms with Gasteiger partial charge in [-0.3, -0.25) is 15.0 Å². The number of hydrogen-bond acceptors (Lipinski definition) is 5. The van der Waals surface area contributed by atoms with Crippen LogP contribution in [0.15, 0.2) is 53.6 Å². The molecule has 0 amide bonds. The standard InChI is InChI=1S/C19H19ClN4O2/c20-16-7-6-14(10-18(16)24(25)26)19-15-12-23(9-8-17(15)21-22-19)11-13-4-2-1-3-5-13/h1-7,10,15,19,22H,8-9,11-12H2. The highest BCUT2D eigenvalue weighted by atomic mass is 35.5. The zero-order valence-electron chi connectivity index (χ0n) is 14.1. The summed E-state index contributed by atoms with van der Waals surface area (Å²) in [4.78, 5) is 13.2. The van der Waals surface area contributed by atoms with Crippen LogP contribution in [0, 0.1) is 16.0 Å². The fourth-order valence-electron chi connectivity index (χ4n) is 3.77.